The van der Waals surface area contributed by atoms with Crippen molar-refractivity contribution in [3.8, 4) is 11.5 Å². The average molecular weight is 470 g/mol. The third-order valence-electron chi connectivity index (χ3n) is 5.55. The molecular formula is C23H24BrN3O3. The van der Waals surface area contributed by atoms with Crippen LogP contribution < -0.4 is 15.0 Å². The van der Waals surface area contributed by atoms with Gasteiger partial charge in [-0.25, -0.2) is 4.98 Å². The Kier molecular flexibility index (Phi) is 6.18. The molecule has 7 heteroatoms. The maximum absolute atomic E-state index is 13.4. The van der Waals surface area contributed by atoms with E-state index < -0.39 is 0 Å². The van der Waals surface area contributed by atoms with Crippen molar-refractivity contribution in [3.05, 3.63) is 62.6 Å². The Labute approximate surface area is 183 Å². The van der Waals surface area contributed by atoms with E-state index in [0.717, 1.165) is 41.5 Å². The van der Waals surface area contributed by atoms with E-state index in [1.807, 2.05) is 30.3 Å². The molecule has 2 aromatic carbocycles. The number of para-hydroxylation sites is 1. The molecule has 6 nitrogen and oxygen atoms in total. The van der Waals surface area contributed by atoms with Crippen LogP contribution in [0.3, 0.4) is 0 Å². The molecule has 3 aromatic rings. The van der Waals surface area contributed by atoms with E-state index in [2.05, 4.69) is 21.0 Å². The standard InChI is InChI=1S/C23H24BrN3O3/c1-29-20-10-6-9-16(21(20)30-2)14-25-27-22(15-7-4-3-5-8-15)26-19-12-11-17(24)13-18(19)23(27)28/h6,9-15H,3-5,7-8H2,1-2H3. The second-order valence-electron chi connectivity index (χ2n) is 7.41. The molecule has 156 valence electrons. The zero-order valence-electron chi connectivity index (χ0n) is 17.1. The summed E-state index contributed by atoms with van der Waals surface area (Å²) in [5.74, 6) is 2.14. The Balaban J connectivity index is 1.87. The van der Waals surface area contributed by atoms with Gasteiger partial charge in [0.15, 0.2) is 11.5 Å². The number of aromatic nitrogens is 2. The summed E-state index contributed by atoms with van der Waals surface area (Å²) < 4.78 is 13.2. The van der Waals surface area contributed by atoms with Crippen molar-refractivity contribution in [1.29, 1.82) is 0 Å². The molecule has 0 amide bonds. The Bertz CT molecular complexity index is 1150. The number of rotatable bonds is 5. The fraction of sp³-hybridized carbons (Fsp3) is 0.348. The van der Waals surface area contributed by atoms with Gasteiger partial charge in [0.05, 0.1) is 31.3 Å². The lowest BCUT2D eigenvalue weighted by atomic mass is 9.88. The first-order chi connectivity index (χ1) is 14.6. The van der Waals surface area contributed by atoms with Gasteiger partial charge in [0.25, 0.3) is 5.56 Å². The lowest BCUT2D eigenvalue weighted by Gasteiger charge is -2.22. The van der Waals surface area contributed by atoms with Gasteiger partial charge in [-0.2, -0.15) is 9.78 Å². The monoisotopic (exact) mass is 469 g/mol. The maximum atomic E-state index is 13.4. The minimum absolute atomic E-state index is 0.167. The summed E-state index contributed by atoms with van der Waals surface area (Å²) in [4.78, 5) is 18.2. The second kappa shape index (κ2) is 9.00. The van der Waals surface area contributed by atoms with Gasteiger partial charge in [-0.1, -0.05) is 41.3 Å². The van der Waals surface area contributed by atoms with Crippen LogP contribution >= 0.6 is 15.9 Å². The maximum Gasteiger partial charge on any atom is 0.282 e. The van der Waals surface area contributed by atoms with Gasteiger partial charge in [-0.05, 0) is 43.2 Å². The molecule has 0 N–H and O–H groups in total. The molecule has 0 bridgehead atoms. The normalized spacial score (nSPS) is 15.0. The second-order valence-corrected chi connectivity index (χ2v) is 8.33. The zero-order valence-corrected chi connectivity index (χ0v) is 18.7. The summed E-state index contributed by atoms with van der Waals surface area (Å²) in [6, 6.07) is 11.2. The van der Waals surface area contributed by atoms with Gasteiger partial charge in [-0.3, -0.25) is 4.79 Å². The summed E-state index contributed by atoms with van der Waals surface area (Å²) in [5, 5.41) is 5.12. The van der Waals surface area contributed by atoms with Gasteiger partial charge in [0.2, 0.25) is 0 Å². The van der Waals surface area contributed by atoms with Crippen molar-refractivity contribution in [3.63, 3.8) is 0 Å². The van der Waals surface area contributed by atoms with Crippen LogP contribution in [0, 0.1) is 0 Å². The quantitative estimate of drug-likeness (QED) is 0.487. The summed E-state index contributed by atoms with van der Waals surface area (Å²) in [6.07, 6.45) is 7.20. The third-order valence-corrected chi connectivity index (χ3v) is 6.04. The molecule has 4 rings (SSSR count). The summed E-state index contributed by atoms with van der Waals surface area (Å²) in [6.45, 7) is 0. The van der Waals surface area contributed by atoms with Crippen LogP contribution in [-0.4, -0.2) is 30.1 Å². The molecule has 1 aliphatic rings. The van der Waals surface area contributed by atoms with E-state index in [-0.39, 0.29) is 11.5 Å². The largest absolute Gasteiger partial charge is 0.493 e. The Morgan fingerprint density at radius 3 is 2.67 bits per heavy atom. The Hall–Kier alpha value is -2.67. The predicted molar refractivity (Wildman–Crippen MR) is 122 cm³/mol. The van der Waals surface area contributed by atoms with E-state index in [1.54, 1.807) is 26.5 Å². The molecule has 30 heavy (non-hydrogen) atoms. The number of benzene rings is 2. The lowest BCUT2D eigenvalue weighted by Crippen LogP contribution is -2.25. The molecule has 1 heterocycles. The van der Waals surface area contributed by atoms with Crippen LogP contribution in [0.25, 0.3) is 10.9 Å². The molecule has 0 spiro atoms. The molecule has 0 unspecified atom stereocenters. The molecule has 1 aromatic heterocycles. The number of hydrogen-bond donors (Lipinski definition) is 0. The number of methoxy groups -OCH3 is 2. The Morgan fingerprint density at radius 1 is 1.13 bits per heavy atom. The summed E-state index contributed by atoms with van der Waals surface area (Å²) >= 11 is 3.45. The SMILES string of the molecule is COc1cccc(C=Nn2c(C3CCCCC3)nc3ccc(Br)cc3c2=O)c1OC. The van der Waals surface area contributed by atoms with E-state index in [4.69, 9.17) is 14.5 Å². The predicted octanol–water partition coefficient (Wildman–Crippen LogP) is 5.11. The molecule has 0 radical (unpaired) electrons. The van der Waals surface area contributed by atoms with Crippen LogP contribution in [0.4, 0.5) is 0 Å². The smallest absolute Gasteiger partial charge is 0.282 e. The van der Waals surface area contributed by atoms with Gasteiger partial charge < -0.3 is 9.47 Å². The van der Waals surface area contributed by atoms with E-state index in [9.17, 15) is 4.79 Å². The number of halogens is 1. The lowest BCUT2D eigenvalue weighted by molar-refractivity contribution is 0.354. The molecular weight excluding hydrogens is 446 g/mol. The fourth-order valence-electron chi connectivity index (χ4n) is 4.04. The van der Waals surface area contributed by atoms with Crippen molar-refractivity contribution >= 4 is 33.0 Å². The molecule has 0 saturated heterocycles. The van der Waals surface area contributed by atoms with E-state index in [0.29, 0.717) is 22.4 Å². The number of ether oxygens (including phenoxy) is 2. The highest BCUT2D eigenvalue weighted by molar-refractivity contribution is 9.10. The highest BCUT2D eigenvalue weighted by Crippen LogP contribution is 2.32. The van der Waals surface area contributed by atoms with E-state index >= 15 is 0 Å². The third kappa shape index (κ3) is 3.99. The number of fused-ring (bicyclic) bond motifs is 1. The van der Waals surface area contributed by atoms with Crippen LogP contribution in [0.2, 0.25) is 0 Å². The van der Waals surface area contributed by atoms with Gasteiger partial charge in [0.1, 0.15) is 5.82 Å². The highest BCUT2D eigenvalue weighted by atomic mass is 79.9. The molecule has 1 fully saturated rings. The van der Waals surface area contributed by atoms with Crippen LogP contribution in [0.5, 0.6) is 11.5 Å². The Morgan fingerprint density at radius 2 is 1.93 bits per heavy atom. The van der Waals surface area contributed by atoms with Crippen molar-refractivity contribution in [2.24, 2.45) is 5.10 Å². The molecule has 0 atom stereocenters. The first-order valence-corrected chi connectivity index (χ1v) is 10.9. The minimum atomic E-state index is -0.167. The summed E-state index contributed by atoms with van der Waals surface area (Å²) in [7, 11) is 3.18. The van der Waals surface area contributed by atoms with Crippen molar-refractivity contribution < 1.29 is 9.47 Å². The topological polar surface area (TPSA) is 65.7 Å². The van der Waals surface area contributed by atoms with Gasteiger partial charge >= 0.3 is 0 Å². The molecule has 0 aliphatic heterocycles. The van der Waals surface area contributed by atoms with E-state index in [1.165, 1.54) is 11.1 Å². The number of nitrogens with zero attached hydrogens (tertiary/aromatic N) is 3. The van der Waals surface area contributed by atoms with Crippen molar-refractivity contribution in [2.75, 3.05) is 14.2 Å². The first-order valence-electron chi connectivity index (χ1n) is 10.1. The van der Waals surface area contributed by atoms with Gasteiger partial charge in [0, 0.05) is 16.0 Å². The van der Waals surface area contributed by atoms with Crippen molar-refractivity contribution in [1.82, 2.24) is 9.66 Å². The minimum Gasteiger partial charge on any atom is -0.493 e. The number of hydrogen-bond acceptors (Lipinski definition) is 5. The fourth-order valence-corrected chi connectivity index (χ4v) is 4.40. The highest BCUT2D eigenvalue weighted by Gasteiger charge is 2.22. The van der Waals surface area contributed by atoms with Crippen molar-refractivity contribution in [2.45, 2.75) is 38.0 Å². The molecule has 1 saturated carbocycles. The van der Waals surface area contributed by atoms with Crippen LogP contribution in [0.15, 0.2) is 50.8 Å². The van der Waals surface area contributed by atoms with Gasteiger partial charge in [-0.15, -0.1) is 0 Å². The summed E-state index contributed by atoms with van der Waals surface area (Å²) in [5.41, 5.74) is 1.27. The average Bonchev–Trinajstić information content (AvgIpc) is 2.79. The first kappa shape index (κ1) is 20.6. The van der Waals surface area contributed by atoms with Crippen LogP contribution in [-0.2, 0) is 0 Å². The van der Waals surface area contributed by atoms with Crippen LogP contribution in [0.1, 0.15) is 49.4 Å². The molecule has 1 aliphatic carbocycles. The zero-order chi connectivity index (χ0) is 21.1.